The lowest BCUT2D eigenvalue weighted by molar-refractivity contribution is -0.136. The second kappa shape index (κ2) is 6.53. The summed E-state index contributed by atoms with van der Waals surface area (Å²) in [5.41, 5.74) is 0. The van der Waals surface area contributed by atoms with E-state index < -0.39 is 0 Å². The maximum absolute atomic E-state index is 12.4. The minimum Gasteiger partial charge on any atom is -0.339 e. The lowest BCUT2D eigenvalue weighted by atomic mass is 10.00. The number of nitrogens with one attached hydrogen (secondary N) is 1. The van der Waals surface area contributed by atoms with Gasteiger partial charge < -0.3 is 10.2 Å². The van der Waals surface area contributed by atoms with E-state index >= 15 is 0 Å². The van der Waals surface area contributed by atoms with Gasteiger partial charge in [0.15, 0.2) is 0 Å². The second-order valence-corrected chi connectivity index (χ2v) is 5.67. The van der Waals surface area contributed by atoms with Crippen molar-refractivity contribution < 1.29 is 4.79 Å². The van der Waals surface area contributed by atoms with Gasteiger partial charge in [-0.25, -0.2) is 0 Å². The third-order valence-electron chi connectivity index (χ3n) is 4.40. The first-order valence-corrected chi connectivity index (χ1v) is 7.46. The SMILES string of the molecule is CCC1CCCCN1C(=O)CN1CCNCC1C. The van der Waals surface area contributed by atoms with Crippen LogP contribution in [0.25, 0.3) is 0 Å². The van der Waals surface area contributed by atoms with Crippen LogP contribution in [0.3, 0.4) is 0 Å². The molecule has 1 amide bonds. The molecule has 2 atom stereocenters. The van der Waals surface area contributed by atoms with E-state index in [0.717, 1.165) is 32.6 Å². The van der Waals surface area contributed by atoms with Gasteiger partial charge in [0.2, 0.25) is 5.91 Å². The fourth-order valence-electron chi connectivity index (χ4n) is 3.14. The van der Waals surface area contributed by atoms with Crippen molar-refractivity contribution in [1.29, 1.82) is 0 Å². The van der Waals surface area contributed by atoms with Crippen molar-refractivity contribution in [3.8, 4) is 0 Å². The number of carbonyl (C=O) groups excluding carboxylic acids is 1. The first kappa shape index (κ1) is 13.8. The van der Waals surface area contributed by atoms with Gasteiger partial charge in [-0.05, 0) is 32.6 Å². The molecule has 4 heteroatoms. The van der Waals surface area contributed by atoms with Gasteiger partial charge in [0.25, 0.3) is 0 Å². The van der Waals surface area contributed by atoms with Gasteiger partial charge in [-0.15, -0.1) is 0 Å². The lowest BCUT2D eigenvalue weighted by Gasteiger charge is -2.39. The smallest absolute Gasteiger partial charge is 0.237 e. The number of hydrogen-bond donors (Lipinski definition) is 1. The molecule has 2 aliphatic rings. The zero-order chi connectivity index (χ0) is 13.0. The Morgan fingerprint density at radius 2 is 2.17 bits per heavy atom. The number of carbonyl (C=O) groups is 1. The summed E-state index contributed by atoms with van der Waals surface area (Å²) in [6, 6.07) is 0.969. The van der Waals surface area contributed by atoms with E-state index in [1.54, 1.807) is 0 Å². The Kier molecular flexibility index (Phi) is 5.01. The molecule has 2 rings (SSSR count). The molecule has 2 heterocycles. The fourth-order valence-corrected chi connectivity index (χ4v) is 3.14. The highest BCUT2D eigenvalue weighted by molar-refractivity contribution is 5.78. The number of piperazine rings is 1. The fraction of sp³-hybridized carbons (Fsp3) is 0.929. The summed E-state index contributed by atoms with van der Waals surface area (Å²) in [5.74, 6) is 0.343. The Morgan fingerprint density at radius 3 is 2.89 bits per heavy atom. The molecule has 1 N–H and O–H groups in total. The minimum atomic E-state index is 0.343. The molecule has 2 saturated heterocycles. The molecule has 104 valence electrons. The predicted octanol–water partition coefficient (Wildman–Crippen LogP) is 1.07. The van der Waals surface area contributed by atoms with Crippen molar-refractivity contribution in [3.63, 3.8) is 0 Å². The van der Waals surface area contributed by atoms with Crippen molar-refractivity contribution in [3.05, 3.63) is 0 Å². The van der Waals surface area contributed by atoms with Crippen LogP contribution in [0.5, 0.6) is 0 Å². The van der Waals surface area contributed by atoms with Gasteiger partial charge in [-0.2, -0.15) is 0 Å². The zero-order valence-corrected chi connectivity index (χ0v) is 11.8. The molecule has 0 aromatic heterocycles. The largest absolute Gasteiger partial charge is 0.339 e. The van der Waals surface area contributed by atoms with Crippen LogP contribution in [-0.2, 0) is 4.79 Å². The molecule has 2 aliphatic heterocycles. The topological polar surface area (TPSA) is 35.6 Å². The van der Waals surface area contributed by atoms with E-state index in [2.05, 4.69) is 29.0 Å². The van der Waals surface area contributed by atoms with Crippen LogP contribution in [0, 0.1) is 0 Å². The molecule has 0 radical (unpaired) electrons. The molecule has 4 nitrogen and oxygen atoms in total. The van der Waals surface area contributed by atoms with E-state index in [1.165, 1.54) is 19.3 Å². The second-order valence-electron chi connectivity index (χ2n) is 5.67. The molecule has 0 spiro atoms. The lowest BCUT2D eigenvalue weighted by Crippen LogP contribution is -2.54. The summed E-state index contributed by atoms with van der Waals surface area (Å²) in [5, 5.41) is 3.37. The molecule has 0 aliphatic carbocycles. The first-order chi connectivity index (χ1) is 8.72. The molecule has 2 unspecified atom stereocenters. The van der Waals surface area contributed by atoms with Crippen LogP contribution in [0.15, 0.2) is 0 Å². The predicted molar refractivity (Wildman–Crippen MR) is 73.5 cm³/mol. The van der Waals surface area contributed by atoms with Gasteiger partial charge in [0.05, 0.1) is 6.54 Å². The van der Waals surface area contributed by atoms with Gasteiger partial charge in [0.1, 0.15) is 0 Å². The number of rotatable bonds is 3. The Labute approximate surface area is 111 Å². The number of likely N-dealkylation sites (tertiary alicyclic amines) is 1. The molecule has 0 aromatic carbocycles. The monoisotopic (exact) mass is 253 g/mol. The Hall–Kier alpha value is -0.610. The number of hydrogen-bond acceptors (Lipinski definition) is 3. The van der Waals surface area contributed by atoms with E-state index in [0.29, 0.717) is 24.5 Å². The Morgan fingerprint density at radius 1 is 1.33 bits per heavy atom. The highest BCUT2D eigenvalue weighted by Crippen LogP contribution is 2.20. The van der Waals surface area contributed by atoms with Crippen LogP contribution in [0.1, 0.15) is 39.5 Å². The van der Waals surface area contributed by atoms with Crippen LogP contribution in [0.4, 0.5) is 0 Å². The molecule has 0 saturated carbocycles. The average Bonchev–Trinajstić information content (AvgIpc) is 2.41. The first-order valence-electron chi connectivity index (χ1n) is 7.46. The van der Waals surface area contributed by atoms with E-state index in [9.17, 15) is 4.79 Å². The highest BCUT2D eigenvalue weighted by Gasteiger charge is 2.28. The quantitative estimate of drug-likeness (QED) is 0.817. The summed E-state index contributed by atoms with van der Waals surface area (Å²) in [4.78, 5) is 16.9. The number of nitrogens with zero attached hydrogens (tertiary/aromatic N) is 2. The summed E-state index contributed by atoms with van der Waals surface area (Å²) in [6.45, 7) is 8.99. The molecule has 0 bridgehead atoms. The summed E-state index contributed by atoms with van der Waals surface area (Å²) in [6.07, 6.45) is 4.76. The molecular formula is C14H27N3O. The van der Waals surface area contributed by atoms with E-state index in [1.807, 2.05) is 0 Å². The molecule has 0 aromatic rings. The summed E-state index contributed by atoms with van der Waals surface area (Å²) in [7, 11) is 0. The summed E-state index contributed by atoms with van der Waals surface area (Å²) >= 11 is 0. The van der Waals surface area contributed by atoms with Gasteiger partial charge in [-0.1, -0.05) is 6.92 Å². The molecular weight excluding hydrogens is 226 g/mol. The average molecular weight is 253 g/mol. The van der Waals surface area contributed by atoms with Gasteiger partial charge in [-0.3, -0.25) is 9.69 Å². The van der Waals surface area contributed by atoms with Crippen LogP contribution in [0.2, 0.25) is 0 Å². The minimum absolute atomic E-state index is 0.343. The van der Waals surface area contributed by atoms with Crippen molar-refractivity contribution in [1.82, 2.24) is 15.1 Å². The maximum atomic E-state index is 12.4. The van der Waals surface area contributed by atoms with Crippen LogP contribution in [-0.4, -0.2) is 60.5 Å². The zero-order valence-electron chi connectivity index (χ0n) is 11.8. The van der Waals surface area contributed by atoms with Crippen molar-refractivity contribution in [2.75, 3.05) is 32.7 Å². The van der Waals surface area contributed by atoms with Crippen LogP contribution >= 0.6 is 0 Å². The van der Waals surface area contributed by atoms with E-state index in [4.69, 9.17) is 0 Å². The third kappa shape index (κ3) is 3.23. The normalized spacial score (nSPS) is 30.4. The van der Waals surface area contributed by atoms with Gasteiger partial charge in [0, 0.05) is 38.3 Å². The molecule has 18 heavy (non-hydrogen) atoms. The third-order valence-corrected chi connectivity index (χ3v) is 4.40. The van der Waals surface area contributed by atoms with E-state index in [-0.39, 0.29) is 0 Å². The van der Waals surface area contributed by atoms with Crippen LogP contribution < -0.4 is 5.32 Å². The highest BCUT2D eigenvalue weighted by atomic mass is 16.2. The number of piperidine rings is 1. The Balaban J connectivity index is 1.89. The van der Waals surface area contributed by atoms with Crippen molar-refractivity contribution >= 4 is 5.91 Å². The number of amides is 1. The van der Waals surface area contributed by atoms with Gasteiger partial charge >= 0.3 is 0 Å². The maximum Gasteiger partial charge on any atom is 0.237 e. The standard InChI is InChI=1S/C14H27N3O/c1-3-13-6-4-5-8-17(13)14(18)11-16-9-7-15-10-12(16)2/h12-13,15H,3-11H2,1-2H3. The Bertz CT molecular complexity index is 282. The molecule has 2 fully saturated rings. The summed E-state index contributed by atoms with van der Waals surface area (Å²) < 4.78 is 0. The van der Waals surface area contributed by atoms with Crippen molar-refractivity contribution in [2.45, 2.75) is 51.6 Å². The van der Waals surface area contributed by atoms with Crippen molar-refractivity contribution in [2.24, 2.45) is 0 Å².